The zero-order valence-electron chi connectivity index (χ0n) is 24.7. The Hall–Kier alpha value is -5.16. The molecule has 4 rings (SSSR count). The predicted molar refractivity (Wildman–Crippen MR) is 168 cm³/mol. The zero-order valence-corrected chi connectivity index (χ0v) is 28.0. The van der Waals surface area contributed by atoms with Gasteiger partial charge in [0.15, 0.2) is 9.84 Å². The van der Waals surface area contributed by atoms with Crippen molar-refractivity contribution in [1.82, 2.24) is 9.97 Å². The van der Waals surface area contributed by atoms with Gasteiger partial charge >= 0.3 is 16.5 Å². The van der Waals surface area contributed by atoms with Gasteiger partial charge < -0.3 is 16.2 Å². The van der Waals surface area contributed by atoms with Crippen molar-refractivity contribution in [1.29, 1.82) is 0 Å². The lowest BCUT2D eigenvalue weighted by Gasteiger charge is -2.09. The van der Waals surface area contributed by atoms with Crippen molar-refractivity contribution in [3.05, 3.63) is 66.6 Å². The van der Waals surface area contributed by atoms with Crippen LogP contribution in [-0.2, 0) is 44.7 Å². The summed E-state index contributed by atoms with van der Waals surface area (Å²) < 4.78 is 153. The highest BCUT2D eigenvalue weighted by atomic mass is 32.3. The van der Waals surface area contributed by atoms with Gasteiger partial charge in [-0.25, -0.2) is 12.6 Å². The second-order valence-electron chi connectivity index (χ2n) is 9.60. The fourth-order valence-corrected chi connectivity index (χ4v) is 6.64. The molecule has 27 heteroatoms. The molecule has 1 aromatic heterocycles. The van der Waals surface area contributed by atoms with Crippen molar-refractivity contribution in [2.24, 2.45) is 20.5 Å². The first kappa shape index (κ1) is 38.6. The minimum absolute atomic E-state index is 0.0399. The number of anilines is 3. The number of hydrogen-bond acceptors (Lipinski definition) is 18. The molecule has 0 aliphatic carbocycles. The van der Waals surface area contributed by atoms with Gasteiger partial charge in [0.25, 0.3) is 20.2 Å². The molecular formula is C24H20F2N8O13S4. The van der Waals surface area contributed by atoms with E-state index in [2.05, 4.69) is 39.9 Å². The number of aromatic hydroxyl groups is 1. The van der Waals surface area contributed by atoms with E-state index in [-0.39, 0.29) is 22.9 Å². The number of nitrogens with one attached hydrogen (secondary N) is 1. The lowest BCUT2D eigenvalue weighted by atomic mass is 10.2. The van der Waals surface area contributed by atoms with E-state index < -0.39 is 102 Å². The summed E-state index contributed by atoms with van der Waals surface area (Å²) in [4.78, 5) is 3.57. The van der Waals surface area contributed by atoms with E-state index in [0.29, 0.717) is 6.07 Å². The third-order valence-corrected chi connectivity index (χ3v) is 9.91. The van der Waals surface area contributed by atoms with E-state index in [0.717, 1.165) is 48.5 Å². The highest BCUT2D eigenvalue weighted by Gasteiger charge is 2.23. The molecule has 0 bridgehead atoms. The summed E-state index contributed by atoms with van der Waals surface area (Å²) in [6.45, 7) is -1.04. The maximum absolute atomic E-state index is 13.5. The number of nitrogen functional groups attached to an aromatic ring is 1. The van der Waals surface area contributed by atoms with Crippen LogP contribution in [0.25, 0.3) is 0 Å². The lowest BCUT2D eigenvalue weighted by Crippen LogP contribution is -2.16. The fourth-order valence-electron chi connectivity index (χ4n) is 3.80. The number of azo groups is 2. The average Bonchev–Trinajstić information content (AvgIpc) is 2.98. The monoisotopic (exact) mass is 794 g/mol. The number of rotatable bonds is 13. The van der Waals surface area contributed by atoms with Crippen LogP contribution in [0.2, 0.25) is 0 Å². The lowest BCUT2D eigenvalue weighted by molar-refractivity contribution is 0.284. The van der Waals surface area contributed by atoms with Crippen LogP contribution in [0, 0.1) is 12.0 Å². The van der Waals surface area contributed by atoms with E-state index in [1.54, 1.807) is 0 Å². The van der Waals surface area contributed by atoms with Crippen molar-refractivity contribution in [3.63, 3.8) is 0 Å². The topological polar surface area (TPSA) is 340 Å². The molecule has 0 aliphatic heterocycles. The van der Waals surface area contributed by atoms with Crippen LogP contribution in [0.3, 0.4) is 0 Å². The van der Waals surface area contributed by atoms with Crippen molar-refractivity contribution >= 4 is 80.4 Å². The van der Waals surface area contributed by atoms with Crippen molar-refractivity contribution in [3.8, 4) is 5.75 Å². The summed E-state index contributed by atoms with van der Waals surface area (Å²) in [6, 6.07) is 7.58. The second kappa shape index (κ2) is 14.6. The third kappa shape index (κ3) is 10.4. The maximum Gasteiger partial charge on any atom is 0.397 e. The van der Waals surface area contributed by atoms with E-state index in [1.165, 1.54) is 0 Å². The van der Waals surface area contributed by atoms with Gasteiger partial charge in [-0.05, 0) is 42.5 Å². The molecule has 0 unspecified atom stereocenters. The van der Waals surface area contributed by atoms with Crippen LogP contribution in [-0.4, -0.2) is 74.8 Å². The van der Waals surface area contributed by atoms with Crippen LogP contribution in [0.1, 0.15) is 0 Å². The van der Waals surface area contributed by atoms with Gasteiger partial charge in [-0.1, -0.05) is 0 Å². The number of sulfone groups is 1. The molecule has 3 aromatic carbocycles. The van der Waals surface area contributed by atoms with Gasteiger partial charge in [-0.3, -0.25) is 13.7 Å². The molecule has 7 N–H and O–H groups in total. The summed E-state index contributed by atoms with van der Waals surface area (Å²) in [5.41, 5.74) is 3.56. The number of nitrogens with two attached hydrogens (primary N) is 1. The number of nitrogens with zero attached hydrogens (tertiary/aromatic N) is 6. The zero-order chi connectivity index (χ0) is 37.9. The van der Waals surface area contributed by atoms with Gasteiger partial charge in [0.1, 0.15) is 44.1 Å². The molecule has 0 fully saturated rings. The number of phenols is 1. The number of benzene rings is 3. The quantitative estimate of drug-likeness (QED) is 0.0369. The van der Waals surface area contributed by atoms with Crippen LogP contribution in [0.4, 0.5) is 48.7 Å². The van der Waals surface area contributed by atoms with E-state index in [4.69, 9.17) is 10.3 Å². The Morgan fingerprint density at radius 2 is 1.35 bits per heavy atom. The number of halogens is 2. The first-order valence-electron chi connectivity index (χ1n) is 13.0. The summed E-state index contributed by atoms with van der Waals surface area (Å²) in [5, 5.41) is 27.7. The van der Waals surface area contributed by atoms with Crippen LogP contribution < -0.4 is 11.1 Å². The van der Waals surface area contributed by atoms with Crippen LogP contribution >= 0.6 is 0 Å². The molecule has 0 aliphatic rings. The maximum atomic E-state index is 13.5. The van der Waals surface area contributed by atoms with Crippen molar-refractivity contribution < 1.29 is 65.4 Å². The number of phenolic OH excluding ortho intramolecular Hbond substituents is 1. The number of aromatic nitrogens is 2. The van der Waals surface area contributed by atoms with E-state index in [9.17, 15) is 56.7 Å². The SMILES string of the molecule is Nc1cc(O)c(/N=N/c2ccc(S(=O)(=O)CCOS(=O)(=O)O)cc2S(=O)(=O)O)cc1/N=N/c1cc(Nc2cc(F)nc(F)n2)ccc1S(=O)(=O)O. The molecule has 51 heavy (non-hydrogen) atoms. The third-order valence-electron chi connectivity index (χ3n) is 5.98. The summed E-state index contributed by atoms with van der Waals surface area (Å²) in [6.07, 6.45) is -1.41. The average molecular weight is 795 g/mol. The molecule has 0 amide bonds. The molecule has 0 atom stereocenters. The molecule has 272 valence electrons. The van der Waals surface area contributed by atoms with Gasteiger partial charge in [-0.15, -0.1) is 20.5 Å². The Morgan fingerprint density at radius 3 is 1.98 bits per heavy atom. The summed E-state index contributed by atoms with van der Waals surface area (Å²) in [7, 11) is -19.5. The van der Waals surface area contributed by atoms with Crippen LogP contribution in [0.5, 0.6) is 5.75 Å². The smallest absolute Gasteiger partial charge is 0.397 e. The fraction of sp³-hybridized carbons (Fsp3) is 0.0833. The Bertz CT molecular complexity index is 2520. The first-order chi connectivity index (χ1) is 23.5. The molecule has 21 nitrogen and oxygen atoms in total. The van der Waals surface area contributed by atoms with E-state index in [1.807, 2.05) is 0 Å². The predicted octanol–water partition coefficient (Wildman–Crippen LogP) is 3.70. The van der Waals surface area contributed by atoms with Gasteiger partial charge in [0.2, 0.25) is 5.95 Å². The first-order valence-corrected chi connectivity index (χ1v) is 18.9. The minimum Gasteiger partial charge on any atom is -0.506 e. The minimum atomic E-state index is -5.19. The largest absolute Gasteiger partial charge is 0.506 e. The van der Waals surface area contributed by atoms with Gasteiger partial charge in [0.05, 0.1) is 22.9 Å². The molecule has 1 heterocycles. The van der Waals surface area contributed by atoms with Crippen molar-refractivity contribution in [2.75, 3.05) is 23.4 Å². The highest BCUT2D eigenvalue weighted by Crippen LogP contribution is 2.39. The number of hydrogen-bond donors (Lipinski definition) is 6. The second-order valence-corrected chi connectivity index (χ2v) is 15.6. The van der Waals surface area contributed by atoms with Crippen molar-refractivity contribution in [2.45, 2.75) is 14.7 Å². The molecule has 0 radical (unpaired) electrons. The molecular weight excluding hydrogens is 775 g/mol. The van der Waals surface area contributed by atoms with Crippen LogP contribution in [0.15, 0.2) is 89.7 Å². The highest BCUT2D eigenvalue weighted by molar-refractivity contribution is 7.91. The van der Waals surface area contributed by atoms with Gasteiger partial charge in [0, 0.05) is 17.8 Å². The standard InChI is InChI=1S/C24H20F2N8O13S4/c25-22-11-23(30-24(26)29-22)28-12-1-4-20(49(38,39)40)18(7-12)34-32-16-10-17(19(35)9-14(16)27)33-31-15-3-2-13(8-21(15)50(41,42)43)48(36,37)6-5-47-51(44,45)46/h1-4,7-11,35H,5-6,27H2,(H,28,29,30)(H,38,39,40)(H,41,42,43)(H,44,45,46)/b33-31+,34-32+. The Balaban J connectivity index is 1.69. The van der Waals surface area contributed by atoms with E-state index >= 15 is 0 Å². The Labute approximate surface area is 286 Å². The molecule has 0 saturated heterocycles. The molecule has 0 spiro atoms. The summed E-state index contributed by atoms with van der Waals surface area (Å²) in [5.74, 6) is -3.31. The van der Waals surface area contributed by atoms with Gasteiger partial charge in [-0.2, -0.15) is 44.0 Å². The normalized spacial score (nSPS) is 12.9. The Morgan fingerprint density at radius 1 is 0.725 bits per heavy atom. The molecule has 0 saturated carbocycles. The summed E-state index contributed by atoms with van der Waals surface area (Å²) >= 11 is 0. The molecule has 4 aromatic rings. The Kier molecular flexibility index (Phi) is 11.1.